The van der Waals surface area contributed by atoms with Crippen LogP contribution in [0.4, 0.5) is 0 Å². The second-order valence-electron chi connectivity index (χ2n) is 2.96. The molecule has 0 saturated heterocycles. The Morgan fingerprint density at radius 2 is 1.91 bits per heavy atom. The lowest BCUT2D eigenvalue weighted by molar-refractivity contribution is -0.543. The minimum absolute atomic E-state index is 0.133. The van der Waals surface area contributed by atoms with E-state index in [1.807, 2.05) is 0 Å². The summed E-state index contributed by atoms with van der Waals surface area (Å²) in [6.07, 6.45) is 0. The van der Waals surface area contributed by atoms with Gasteiger partial charge in [-0.05, 0) is 0 Å². The van der Waals surface area contributed by atoms with E-state index in [2.05, 4.69) is 9.92 Å². The van der Waals surface area contributed by atoms with Gasteiger partial charge in [-0.25, -0.2) is 12.6 Å². The molecule has 0 rings (SSSR count). The van der Waals surface area contributed by atoms with Crippen LogP contribution in [0.5, 0.6) is 0 Å². The summed E-state index contributed by atoms with van der Waals surface area (Å²) in [7, 11) is -4.64. The second kappa shape index (κ2) is 3.06. The topological polar surface area (TPSA) is 94.1 Å². The van der Waals surface area contributed by atoms with Gasteiger partial charge in [0.05, 0.1) is 0 Å². The van der Waals surface area contributed by atoms with Crippen LogP contribution in [0.3, 0.4) is 0 Å². The van der Waals surface area contributed by atoms with E-state index in [0.29, 0.717) is 0 Å². The van der Waals surface area contributed by atoms with Gasteiger partial charge in [0.15, 0.2) is 0 Å². The van der Waals surface area contributed by atoms with Crippen LogP contribution in [0, 0.1) is 5.92 Å². The average molecular weight is 183 g/mol. The SMILES string of the molecule is CC(C)C(C)([NH3+])OS(=O)(=O)[O-]. The Morgan fingerprint density at radius 3 is 2.00 bits per heavy atom. The normalized spacial score (nSPS) is 18.4. The maximum Gasteiger partial charge on any atom is 0.222 e. The van der Waals surface area contributed by atoms with Gasteiger partial charge in [-0.2, -0.15) is 0 Å². The lowest BCUT2D eigenvalue weighted by Crippen LogP contribution is -2.75. The molecule has 6 heteroatoms. The third kappa shape index (κ3) is 4.31. The smallest absolute Gasteiger partial charge is 0.222 e. The summed E-state index contributed by atoms with van der Waals surface area (Å²) in [5, 5.41) is 0. The van der Waals surface area contributed by atoms with Crippen LogP contribution in [0.25, 0.3) is 0 Å². The van der Waals surface area contributed by atoms with Crippen molar-refractivity contribution in [1.29, 1.82) is 0 Å². The third-order valence-electron chi connectivity index (χ3n) is 1.51. The van der Waals surface area contributed by atoms with Crippen molar-refractivity contribution in [2.75, 3.05) is 0 Å². The molecule has 0 aliphatic heterocycles. The van der Waals surface area contributed by atoms with Gasteiger partial charge in [-0.1, -0.05) is 13.8 Å². The van der Waals surface area contributed by atoms with E-state index >= 15 is 0 Å². The fourth-order valence-electron chi connectivity index (χ4n) is 0.329. The molecule has 0 aromatic rings. The zero-order valence-electron chi connectivity index (χ0n) is 6.83. The summed E-state index contributed by atoms with van der Waals surface area (Å²) in [6.45, 7) is 4.89. The van der Waals surface area contributed by atoms with Crippen molar-refractivity contribution in [1.82, 2.24) is 0 Å². The highest BCUT2D eigenvalue weighted by Gasteiger charge is 2.31. The van der Waals surface area contributed by atoms with Gasteiger partial charge in [0, 0.05) is 12.8 Å². The summed E-state index contributed by atoms with van der Waals surface area (Å²) in [5.74, 6) is -0.133. The standard InChI is InChI=1S/C5H13NO4S/c1-4(2)5(3,6)10-11(7,8)9/h4H,6H2,1-3H3,(H,7,8,9). The minimum atomic E-state index is -4.64. The van der Waals surface area contributed by atoms with E-state index in [1.165, 1.54) is 6.92 Å². The molecule has 68 valence electrons. The second-order valence-corrected chi connectivity index (χ2v) is 3.94. The molecule has 11 heavy (non-hydrogen) atoms. The molecule has 1 unspecified atom stereocenters. The molecule has 0 spiro atoms. The van der Waals surface area contributed by atoms with E-state index in [-0.39, 0.29) is 5.92 Å². The summed E-state index contributed by atoms with van der Waals surface area (Å²) in [6, 6.07) is 0. The van der Waals surface area contributed by atoms with Crippen molar-refractivity contribution < 1.29 is 22.9 Å². The molecule has 1 atom stereocenters. The van der Waals surface area contributed by atoms with Crippen LogP contribution in [0.2, 0.25) is 0 Å². The molecule has 0 aliphatic carbocycles. The Hall–Kier alpha value is -0.170. The molecular weight excluding hydrogens is 170 g/mol. The Labute approximate surface area is 66.5 Å². The highest BCUT2D eigenvalue weighted by molar-refractivity contribution is 7.80. The van der Waals surface area contributed by atoms with Crippen molar-refractivity contribution in [2.45, 2.75) is 26.5 Å². The van der Waals surface area contributed by atoms with E-state index in [9.17, 15) is 13.0 Å². The lowest BCUT2D eigenvalue weighted by atomic mass is 10.0. The van der Waals surface area contributed by atoms with Crippen molar-refractivity contribution in [3.8, 4) is 0 Å². The highest BCUT2D eigenvalue weighted by Crippen LogP contribution is 2.13. The van der Waals surface area contributed by atoms with E-state index < -0.39 is 16.1 Å². The van der Waals surface area contributed by atoms with Crippen LogP contribution in [-0.4, -0.2) is 18.7 Å². The van der Waals surface area contributed by atoms with Crippen molar-refractivity contribution >= 4 is 10.4 Å². The molecule has 0 aromatic carbocycles. The van der Waals surface area contributed by atoms with Crippen LogP contribution in [-0.2, 0) is 14.6 Å². The minimum Gasteiger partial charge on any atom is -0.725 e. The van der Waals surface area contributed by atoms with Crippen molar-refractivity contribution in [3.05, 3.63) is 0 Å². The van der Waals surface area contributed by atoms with Gasteiger partial charge in [0.2, 0.25) is 16.1 Å². The molecule has 0 aromatic heterocycles. The Kier molecular flexibility index (Phi) is 3.01. The first-order valence-electron chi connectivity index (χ1n) is 3.17. The Morgan fingerprint density at radius 1 is 1.55 bits per heavy atom. The number of quaternary nitrogens is 1. The molecule has 3 N–H and O–H groups in total. The van der Waals surface area contributed by atoms with Gasteiger partial charge in [-0.3, -0.25) is 0 Å². The molecule has 0 bridgehead atoms. The Bertz CT molecular complexity index is 219. The summed E-state index contributed by atoms with van der Waals surface area (Å²) < 4.78 is 34.6. The quantitative estimate of drug-likeness (QED) is 0.347. The number of hydrogen-bond acceptors (Lipinski definition) is 4. The van der Waals surface area contributed by atoms with Crippen LogP contribution in [0.1, 0.15) is 20.8 Å². The fourth-order valence-corrected chi connectivity index (χ4v) is 0.988. The van der Waals surface area contributed by atoms with Crippen molar-refractivity contribution in [2.24, 2.45) is 5.92 Å². The summed E-state index contributed by atoms with van der Waals surface area (Å²) >= 11 is 0. The first-order valence-corrected chi connectivity index (χ1v) is 4.50. The van der Waals surface area contributed by atoms with E-state index in [1.54, 1.807) is 13.8 Å². The fraction of sp³-hybridized carbons (Fsp3) is 1.00. The molecule has 0 saturated carbocycles. The molecular formula is C5H13NO4S. The van der Waals surface area contributed by atoms with Gasteiger partial charge in [0.25, 0.3) is 0 Å². The lowest BCUT2D eigenvalue weighted by Gasteiger charge is -2.25. The zero-order chi connectivity index (χ0) is 9.28. The summed E-state index contributed by atoms with van der Waals surface area (Å²) in [4.78, 5) is 0. The van der Waals surface area contributed by atoms with E-state index in [4.69, 9.17) is 0 Å². The van der Waals surface area contributed by atoms with Gasteiger partial charge in [-0.15, -0.1) is 0 Å². The van der Waals surface area contributed by atoms with Crippen molar-refractivity contribution in [3.63, 3.8) is 0 Å². The number of hydrogen-bond donors (Lipinski definition) is 1. The molecule has 0 heterocycles. The van der Waals surface area contributed by atoms with Gasteiger partial charge < -0.3 is 10.3 Å². The highest BCUT2D eigenvalue weighted by atomic mass is 32.3. The number of rotatable bonds is 3. The molecule has 0 radical (unpaired) electrons. The van der Waals surface area contributed by atoms with Gasteiger partial charge >= 0.3 is 0 Å². The molecule has 0 fully saturated rings. The molecule has 0 amide bonds. The maximum atomic E-state index is 10.1. The van der Waals surface area contributed by atoms with Crippen LogP contribution in [0.15, 0.2) is 0 Å². The first-order chi connectivity index (χ1) is 4.65. The summed E-state index contributed by atoms with van der Waals surface area (Å²) in [5.41, 5.74) is 2.29. The average Bonchev–Trinajstić information content (AvgIpc) is 1.56. The predicted octanol–water partition coefficient (Wildman–Crippen LogP) is -0.923. The Balaban J connectivity index is 4.38. The van der Waals surface area contributed by atoms with Crippen LogP contribution >= 0.6 is 0 Å². The molecule has 0 aliphatic rings. The first kappa shape index (κ1) is 10.8. The van der Waals surface area contributed by atoms with E-state index in [0.717, 1.165) is 0 Å². The van der Waals surface area contributed by atoms with Crippen LogP contribution < -0.4 is 5.73 Å². The predicted molar refractivity (Wildman–Crippen MR) is 36.9 cm³/mol. The molecule has 5 nitrogen and oxygen atoms in total. The zero-order valence-corrected chi connectivity index (χ0v) is 7.64. The monoisotopic (exact) mass is 183 g/mol. The largest absolute Gasteiger partial charge is 0.725 e. The van der Waals surface area contributed by atoms with Gasteiger partial charge in [0.1, 0.15) is 0 Å². The third-order valence-corrected chi connectivity index (χ3v) is 2.10. The maximum absolute atomic E-state index is 10.1.